The minimum atomic E-state index is -0.0449. The molecule has 0 radical (unpaired) electrons. The summed E-state index contributed by atoms with van der Waals surface area (Å²) in [5, 5.41) is 6.10. The van der Waals surface area contributed by atoms with Crippen LogP contribution in [0.3, 0.4) is 0 Å². The van der Waals surface area contributed by atoms with Gasteiger partial charge in [-0.05, 0) is 25.7 Å². The molecule has 0 aromatic carbocycles. The average molecular weight is 214 g/mol. The molecular formula is C12H26N2O. The maximum absolute atomic E-state index is 11.6. The number of hydrogen-bond donors (Lipinski definition) is 2. The largest absolute Gasteiger partial charge is 0.358 e. The van der Waals surface area contributed by atoms with Gasteiger partial charge in [-0.15, -0.1) is 0 Å². The van der Waals surface area contributed by atoms with Gasteiger partial charge in [0.2, 0.25) is 5.91 Å². The quantitative estimate of drug-likeness (QED) is 0.680. The second-order valence-corrected chi connectivity index (χ2v) is 4.65. The van der Waals surface area contributed by atoms with Crippen LogP contribution in [0, 0.1) is 5.92 Å². The van der Waals surface area contributed by atoms with E-state index in [0.29, 0.717) is 12.0 Å². The molecule has 3 nitrogen and oxygen atoms in total. The van der Waals surface area contributed by atoms with E-state index in [9.17, 15) is 4.79 Å². The maximum atomic E-state index is 11.6. The highest BCUT2D eigenvalue weighted by molar-refractivity contribution is 5.81. The summed E-state index contributed by atoms with van der Waals surface area (Å²) < 4.78 is 0. The zero-order chi connectivity index (χ0) is 11.8. The normalized spacial score (nSPS) is 15.1. The number of rotatable bonds is 7. The van der Waals surface area contributed by atoms with E-state index in [-0.39, 0.29) is 11.9 Å². The van der Waals surface area contributed by atoms with Crippen molar-refractivity contribution in [2.24, 2.45) is 5.92 Å². The van der Waals surface area contributed by atoms with Crippen molar-refractivity contribution in [3.63, 3.8) is 0 Å². The van der Waals surface area contributed by atoms with E-state index in [2.05, 4.69) is 38.3 Å². The van der Waals surface area contributed by atoms with Crippen molar-refractivity contribution >= 4 is 5.91 Å². The van der Waals surface area contributed by atoms with E-state index in [4.69, 9.17) is 0 Å². The van der Waals surface area contributed by atoms with Gasteiger partial charge in [-0.1, -0.05) is 27.2 Å². The van der Waals surface area contributed by atoms with Gasteiger partial charge in [-0.25, -0.2) is 0 Å². The van der Waals surface area contributed by atoms with Crippen molar-refractivity contribution in [2.75, 3.05) is 7.05 Å². The smallest absolute Gasteiger partial charge is 0.236 e. The van der Waals surface area contributed by atoms with Gasteiger partial charge in [0.05, 0.1) is 6.04 Å². The highest BCUT2D eigenvalue weighted by atomic mass is 16.2. The molecule has 0 saturated heterocycles. The minimum absolute atomic E-state index is 0.0449. The second kappa shape index (κ2) is 7.69. The van der Waals surface area contributed by atoms with Crippen LogP contribution in [0.2, 0.25) is 0 Å². The predicted molar refractivity (Wildman–Crippen MR) is 64.8 cm³/mol. The Morgan fingerprint density at radius 3 is 2.27 bits per heavy atom. The molecule has 0 rings (SSSR count). The summed E-state index contributed by atoms with van der Waals surface area (Å²) in [6.45, 7) is 8.58. The fourth-order valence-corrected chi connectivity index (χ4v) is 1.76. The molecule has 2 unspecified atom stereocenters. The molecule has 0 aromatic rings. The summed E-state index contributed by atoms with van der Waals surface area (Å²) in [6, 6.07) is 0.368. The predicted octanol–water partition coefficient (Wildman–Crippen LogP) is 1.93. The van der Waals surface area contributed by atoms with Crippen molar-refractivity contribution in [1.82, 2.24) is 10.6 Å². The van der Waals surface area contributed by atoms with Crippen molar-refractivity contribution < 1.29 is 4.79 Å². The molecule has 0 heterocycles. The van der Waals surface area contributed by atoms with E-state index in [0.717, 1.165) is 19.3 Å². The Morgan fingerprint density at radius 2 is 1.87 bits per heavy atom. The molecule has 90 valence electrons. The Labute approximate surface area is 94.0 Å². The van der Waals surface area contributed by atoms with Crippen LogP contribution < -0.4 is 10.6 Å². The molecular weight excluding hydrogens is 188 g/mol. The monoisotopic (exact) mass is 214 g/mol. The molecule has 0 saturated carbocycles. The van der Waals surface area contributed by atoms with Crippen LogP contribution in [0.25, 0.3) is 0 Å². The van der Waals surface area contributed by atoms with Crippen LogP contribution in [0.15, 0.2) is 0 Å². The lowest BCUT2D eigenvalue weighted by Crippen LogP contribution is -2.47. The van der Waals surface area contributed by atoms with E-state index in [1.807, 2.05) is 0 Å². The van der Waals surface area contributed by atoms with E-state index in [1.54, 1.807) is 7.05 Å². The molecule has 0 fully saturated rings. The third-order valence-electron chi connectivity index (χ3n) is 2.48. The Morgan fingerprint density at radius 1 is 1.27 bits per heavy atom. The van der Waals surface area contributed by atoms with Crippen LogP contribution in [-0.4, -0.2) is 25.0 Å². The molecule has 3 heteroatoms. The topological polar surface area (TPSA) is 41.1 Å². The Balaban J connectivity index is 4.17. The molecule has 2 atom stereocenters. The van der Waals surface area contributed by atoms with Gasteiger partial charge in [-0.3, -0.25) is 4.79 Å². The molecule has 0 aliphatic rings. The Bertz CT molecular complexity index is 180. The number of amides is 1. The summed E-state index contributed by atoms with van der Waals surface area (Å²) in [6.07, 6.45) is 3.16. The fourth-order valence-electron chi connectivity index (χ4n) is 1.76. The number of carbonyl (C=O) groups is 1. The highest BCUT2D eigenvalue weighted by Gasteiger charge is 2.19. The molecule has 1 amide bonds. The average Bonchev–Trinajstić information content (AvgIpc) is 2.15. The first-order valence-corrected chi connectivity index (χ1v) is 5.98. The Kier molecular flexibility index (Phi) is 7.39. The summed E-state index contributed by atoms with van der Waals surface area (Å²) in [7, 11) is 1.70. The van der Waals surface area contributed by atoms with Gasteiger partial charge in [-0.2, -0.15) is 0 Å². The molecule has 15 heavy (non-hydrogen) atoms. The van der Waals surface area contributed by atoms with Crippen LogP contribution in [-0.2, 0) is 4.79 Å². The Hall–Kier alpha value is -0.570. The molecule has 0 bridgehead atoms. The first-order valence-electron chi connectivity index (χ1n) is 5.98. The van der Waals surface area contributed by atoms with Crippen LogP contribution >= 0.6 is 0 Å². The minimum Gasteiger partial charge on any atom is -0.358 e. The van der Waals surface area contributed by atoms with Gasteiger partial charge >= 0.3 is 0 Å². The summed E-state index contributed by atoms with van der Waals surface area (Å²) in [5.41, 5.74) is 0. The number of hydrogen-bond acceptors (Lipinski definition) is 2. The molecule has 0 aliphatic carbocycles. The van der Waals surface area contributed by atoms with E-state index >= 15 is 0 Å². The summed E-state index contributed by atoms with van der Waals surface area (Å²) >= 11 is 0. The molecule has 0 aromatic heterocycles. The lowest BCUT2D eigenvalue weighted by atomic mass is 10.0. The molecule has 2 N–H and O–H groups in total. The number of carbonyl (C=O) groups excluding carboxylic acids is 1. The van der Waals surface area contributed by atoms with Gasteiger partial charge in [0.25, 0.3) is 0 Å². The first kappa shape index (κ1) is 14.4. The maximum Gasteiger partial charge on any atom is 0.236 e. The lowest BCUT2D eigenvalue weighted by molar-refractivity contribution is -0.123. The number of nitrogens with one attached hydrogen (secondary N) is 2. The van der Waals surface area contributed by atoms with Gasteiger partial charge in [0.15, 0.2) is 0 Å². The third kappa shape index (κ3) is 6.50. The van der Waals surface area contributed by atoms with Gasteiger partial charge in [0.1, 0.15) is 0 Å². The lowest BCUT2D eigenvalue weighted by Gasteiger charge is -2.23. The zero-order valence-corrected chi connectivity index (χ0v) is 10.8. The summed E-state index contributed by atoms with van der Waals surface area (Å²) in [5.74, 6) is 0.639. The summed E-state index contributed by atoms with van der Waals surface area (Å²) in [4.78, 5) is 11.6. The van der Waals surface area contributed by atoms with Crippen molar-refractivity contribution in [1.29, 1.82) is 0 Å². The van der Waals surface area contributed by atoms with Gasteiger partial charge in [0, 0.05) is 13.1 Å². The van der Waals surface area contributed by atoms with Gasteiger partial charge < -0.3 is 10.6 Å². The van der Waals surface area contributed by atoms with Crippen molar-refractivity contribution in [3.05, 3.63) is 0 Å². The highest BCUT2D eigenvalue weighted by Crippen LogP contribution is 2.07. The standard InChI is InChI=1S/C12H26N2O/c1-6-7-10(4)14-11(8-9(2)3)12(15)13-5/h9-11,14H,6-8H2,1-5H3,(H,13,15). The van der Waals surface area contributed by atoms with E-state index < -0.39 is 0 Å². The number of likely N-dealkylation sites (N-methyl/N-ethyl adjacent to an activating group) is 1. The van der Waals surface area contributed by atoms with Crippen molar-refractivity contribution in [2.45, 2.75) is 59.0 Å². The SMILES string of the molecule is CCCC(C)NC(CC(C)C)C(=O)NC. The van der Waals surface area contributed by atoms with Crippen molar-refractivity contribution in [3.8, 4) is 0 Å². The first-order chi connectivity index (χ1) is 7.01. The van der Waals surface area contributed by atoms with Crippen LogP contribution in [0.4, 0.5) is 0 Å². The molecule has 0 spiro atoms. The third-order valence-corrected chi connectivity index (χ3v) is 2.48. The molecule has 0 aliphatic heterocycles. The van der Waals surface area contributed by atoms with Crippen LogP contribution in [0.5, 0.6) is 0 Å². The fraction of sp³-hybridized carbons (Fsp3) is 0.917. The van der Waals surface area contributed by atoms with E-state index in [1.165, 1.54) is 0 Å². The second-order valence-electron chi connectivity index (χ2n) is 4.65. The zero-order valence-electron chi connectivity index (χ0n) is 10.8. The van der Waals surface area contributed by atoms with Crippen LogP contribution in [0.1, 0.15) is 47.0 Å².